The van der Waals surface area contributed by atoms with E-state index in [1.54, 1.807) is 6.92 Å². The van der Waals surface area contributed by atoms with Crippen molar-refractivity contribution in [2.45, 2.75) is 53.9 Å². The standard InChI is InChI=1S/C28H36ClNO7/c1-16(11-12-28(5)17(2)8-10-22(31)19(28)4)7-9-20-26(35)21(13-30-14-24(34)36-6)18(3)25(29)27(20)37-15-23(32)33/h7,11-13,17,19,35H,8-10,14-15H2,1-6H3,(H,32,33)/b12-11+,16-7+,30-13-/t17-,19+,28+/m1/s1. The van der Waals surface area contributed by atoms with Crippen LogP contribution in [0.4, 0.5) is 0 Å². The highest BCUT2D eigenvalue weighted by atomic mass is 35.5. The normalized spacial score (nSPS) is 22.6. The molecule has 0 bridgehead atoms. The van der Waals surface area contributed by atoms with Gasteiger partial charge in [-0.25, -0.2) is 4.79 Å². The maximum atomic E-state index is 12.3. The van der Waals surface area contributed by atoms with Crippen molar-refractivity contribution in [3.05, 3.63) is 45.5 Å². The summed E-state index contributed by atoms with van der Waals surface area (Å²) in [5.74, 6) is -1.28. The van der Waals surface area contributed by atoms with E-state index in [-0.39, 0.29) is 46.6 Å². The molecule has 1 fully saturated rings. The lowest BCUT2D eigenvalue weighted by atomic mass is 9.61. The first kappa shape index (κ1) is 30.1. The summed E-state index contributed by atoms with van der Waals surface area (Å²) in [5.41, 5.74) is 1.64. The number of esters is 1. The van der Waals surface area contributed by atoms with Crippen molar-refractivity contribution in [3.8, 4) is 11.5 Å². The number of hydrogen-bond acceptors (Lipinski definition) is 7. The number of carbonyl (C=O) groups excluding carboxylic acids is 2. The maximum absolute atomic E-state index is 12.3. The Morgan fingerprint density at radius 2 is 1.97 bits per heavy atom. The molecule has 1 aliphatic carbocycles. The first-order valence-electron chi connectivity index (χ1n) is 12.2. The summed E-state index contributed by atoms with van der Waals surface area (Å²) in [6.45, 7) is 8.91. The van der Waals surface area contributed by atoms with Crippen LogP contribution in [0.15, 0.2) is 28.8 Å². The number of nitrogens with zero attached hydrogens (tertiary/aromatic N) is 1. The molecule has 0 saturated heterocycles. The van der Waals surface area contributed by atoms with Crippen LogP contribution >= 0.6 is 11.6 Å². The summed E-state index contributed by atoms with van der Waals surface area (Å²) in [6, 6.07) is 0. The third kappa shape index (κ3) is 7.22. The molecule has 0 heterocycles. The van der Waals surface area contributed by atoms with Crippen LogP contribution in [0.1, 0.15) is 57.2 Å². The summed E-state index contributed by atoms with van der Waals surface area (Å²) in [7, 11) is 1.25. The third-order valence-electron chi connectivity index (χ3n) is 7.39. The number of carboxylic acid groups (broad SMARTS) is 1. The van der Waals surface area contributed by atoms with Gasteiger partial charge in [0, 0.05) is 29.7 Å². The summed E-state index contributed by atoms with van der Waals surface area (Å²) in [6.07, 6.45) is 8.90. The topological polar surface area (TPSA) is 122 Å². The lowest BCUT2D eigenvalue weighted by Crippen LogP contribution is -2.40. The molecular formula is C28H36ClNO7. The summed E-state index contributed by atoms with van der Waals surface area (Å²) in [4.78, 5) is 38.9. The number of methoxy groups -OCH3 is 1. The molecule has 0 aromatic heterocycles. The second-order valence-corrected chi connectivity index (χ2v) is 10.1. The van der Waals surface area contributed by atoms with Crippen LogP contribution in [-0.2, 0) is 25.5 Å². The van der Waals surface area contributed by atoms with Gasteiger partial charge in [-0.2, -0.15) is 0 Å². The molecule has 0 radical (unpaired) electrons. The predicted octanol–water partition coefficient (Wildman–Crippen LogP) is 5.10. The molecule has 0 unspecified atom stereocenters. The van der Waals surface area contributed by atoms with E-state index in [4.69, 9.17) is 21.4 Å². The molecule has 3 atom stereocenters. The van der Waals surface area contributed by atoms with Crippen LogP contribution in [0.5, 0.6) is 11.5 Å². The molecule has 202 valence electrons. The van der Waals surface area contributed by atoms with E-state index in [2.05, 4.69) is 29.7 Å². The van der Waals surface area contributed by atoms with Crippen molar-refractivity contribution in [2.75, 3.05) is 20.3 Å². The highest BCUT2D eigenvalue weighted by Gasteiger charge is 2.41. The van der Waals surface area contributed by atoms with Gasteiger partial charge in [-0.05, 0) is 43.6 Å². The Hall–Kier alpha value is -3.13. The fourth-order valence-corrected chi connectivity index (χ4v) is 4.66. The van der Waals surface area contributed by atoms with E-state index in [1.165, 1.54) is 13.3 Å². The Balaban J connectivity index is 2.44. The van der Waals surface area contributed by atoms with E-state index in [9.17, 15) is 19.5 Å². The van der Waals surface area contributed by atoms with Gasteiger partial charge in [0.05, 0.1) is 12.1 Å². The Morgan fingerprint density at radius 1 is 1.30 bits per heavy atom. The van der Waals surface area contributed by atoms with Gasteiger partial charge in [-0.3, -0.25) is 14.6 Å². The van der Waals surface area contributed by atoms with Crippen LogP contribution in [0.2, 0.25) is 5.02 Å². The number of phenolic OH excluding ortho intramolecular Hbond substituents is 1. The number of aromatic hydroxyl groups is 1. The number of ketones is 1. The molecule has 1 aromatic rings. The molecule has 2 rings (SSSR count). The van der Waals surface area contributed by atoms with Gasteiger partial charge < -0.3 is 19.7 Å². The average Bonchev–Trinajstić information content (AvgIpc) is 2.86. The van der Waals surface area contributed by atoms with Crippen LogP contribution < -0.4 is 4.74 Å². The minimum Gasteiger partial charge on any atom is -0.507 e. The molecule has 0 amide bonds. The minimum absolute atomic E-state index is 0.0734. The van der Waals surface area contributed by atoms with Crippen molar-refractivity contribution in [1.82, 2.24) is 0 Å². The number of carboxylic acids is 1. The fraction of sp³-hybridized carbons (Fsp3) is 0.500. The largest absolute Gasteiger partial charge is 0.507 e. The number of carbonyl (C=O) groups is 3. The molecule has 0 aliphatic heterocycles. The lowest BCUT2D eigenvalue weighted by Gasteiger charge is -2.42. The van der Waals surface area contributed by atoms with Gasteiger partial charge in [0.25, 0.3) is 0 Å². The van der Waals surface area contributed by atoms with E-state index in [1.807, 2.05) is 26.0 Å². The molecule has 2 N–H and O–H groups in total. The van der Waals surface area contributed by atoms with E-state index < -0.39 is 18.5 Å². The van der Waals surface area contributed by atoms with Crippen molar-refractivity contribution in [3.63, 3.8) is 0 Å². The van der Waals surface area contributed by atoms with Gasteiger partial charge in [0.15, 0.2) is 6.61 Å². The SMILES string of the molecule is COC(=O)C/N=C\c1c(C)c(Cl)c(OCC(=O)O)c(C/C=C(C)/C=C/[C@@]2(C)[C@H](C)CCC(=O)[C@@H]2C)c1O. The molecule has 0 spiro atoms. The zero-order valence-electron chi connectivity index (χ0n) is 22.3. The number of allylic oxidation sites excluding steroid dienone is 4. The smallest absolute Gasteiger partial charge is 0.341 e. The van der Waals surface area contributed by atoms with Crippen molar-refractivity contribution >= 4 is 35.5 Å². The van der Waals surface area contributed by atoms with Gasteiger partial charge in [-0.15, -0.1) is 0 Å². The van der Waals surface area contributed by atoms with Crippen LogP contribution in [-0.4, -0.2) is 54.4 Å². The van der Waals surface area contributed by atoms with E-state index in [0.29, 0.717) is 29.0 Å². The number of benzene rings is 1. The van der Waals surface area contributed by atoms with Crippen molar-refractivity contribution < 1.29 is 34.1 Å². The molecule has 1 aromatic carbocycles. The van der Waals surface area contributed by atoms with E-state index in [0.717, 1.165) is 12.0 Å². The quantitative estimate of drug-likeness (QED) is 0.244. The maximum Gasteiger partial charge on any atom is 0.341 e. The average molecular weight is 534 g/mol. The number of hydrogen-bond donors (Lipinski definition) is 2. The second kappa shape index (κ2) is 12.9. The number of Topliss-reactive ketones (excluding diaryl/α,β-unsaturated/α-hetero) is 1. The van der Waals surface area contributed by atoms with Crippen molar-refractivity contribution in [2.24, 2.45) is 22.2 Å². The number of aliphatic imine (C=N–C) groups is 1. The zero-order valence-corrected chi connectivity index (χ0v) is 23.0. The fourth-order valence-electron chi connectivity index (χ4n) is 4.39. The monoisotopic (exact) mass is 533 g/mol. The Morgan fingerprint density at radius 3 is 2.59 bits per heavy atom. The molecule has 1 saturated carbocycles. The summed E-state index contributed by atoms with van der Waals surface area (Å²) < 4.78 is 10.0. The van der Waals surface area contributed by atoms with Crippen LogP contribution in [0.25, 0.3) is 0 Å². The summed E-state index contributed by atoms with van der Waals surface area (Å²) >= 11 is 6.52. The Kier molecular flexibility index (Phi) is 10.5. The lowest BCUT2D eigenvalue weighted by molar-refractivity contribution is -0.140. The molecule has 8 nitrogen and oxygen atoms in total. The van der Waals surface area contributed by atoms with Crippen LogP contribution in [0, 0.1) is 24.2 Å². The highest BCUT2D eigenvalue weighted by Crippen LogP contribution is 2.45. The molecule has 37 heavy (non-hydrogen) atoms. The van der Waals surface area contributed by atoms with Crippen molar-refractivity contribution in [1.29, 1.82) is 0 Å². The third-order valence-corrected chi connectivity index (χ3v) is 7.85. The first-order valence-corrected chi connectivity index (χ1v) is 12.5. The Labute approximate surface area is 223 Å². The number of phenols is 1. The summed E-state index contributed by atoms with van der Waals surface area (Å²) in [5, 5.41) is 20.3. The molecular weight excluding hydrogens is 498 g/mol. The highest BCUT2D eigenvalue weighted by molar-refractivity contribution is 6.33. The zero-order chi connectivity index (χ0) is 27.9. The Bertz CT molecular complexity index is 1140. The van der Waals surface area contributed by atoms with Gasteiger partial charge in [0.2, 0.25) is 0 Å². The number of halogens is 1. The van der Waals surface area contributed by atoms with Gasteiger partial charge in [-0.1, -0.05) is 56.2 Å². The van der Waals surface area contributed by atoms with Gasteiger partial charge >= 0.3 is 11.9 Å². The predicted molar refractivity (Wildman–Crippen MR) is 143 cm³/mol. The second-order valence-electron chi connectivity index (χ2n) is 9.72. The first-order chi connectivity index (χ1) is 17.3. The van der Waals surface area contributed by atoms with E-state index >= 15 is 0 Å². The number of rotatable bonds is 10. The molecule has 1 aliphatic rings. The number of aliphatic carboxylic acids is 1. The number of ether oxygens (including phenoxy) is 2. The van der Waals surface area contributed by atoms with Gasteiger partial charge in [0.1, 0.15) is 23.8 Å². The minimum atomic E-state index is -1.18. The van der Waals surface area contributed by atoms with Crippen LogP contribution in [0.3, 0.4) is 0 Å². The molecule has 9 heteroatoms.